The maximum absolute atomic E-state index is 10.1. The van der Waals surface area contributed by atoms with Crippen molar-refractivity contribution in [3.8, 4) is 11.5 Å². The third-order valence-electron chi connectivity index (χ3n) is 7.03. The van der Waals surface area contributed by atoms with Gasteiger partial charge < -0.3 is 10.2 Å². The van der Waals surface area contributed by atoms with Crippen molar-refractivity contribution in [2.24, 2.45) is 27.5 Å². The van der Waals surface area contributed by atoms with Crippen molar-refractivity contribution in [3.63, 3.8) is 0 Å². The van der Waals surface area contributed by atoms with Crippen molar-refractivity contribution >= 4 is 0 Å². The third kappa shape index (κ3) is 1.52. The average Bonchev–Trinajstić information content (AvgIpc) is 3.22. The number of nitrogens with zero attached hydrogens (tertiary/aromatic N) is 2. The minimum Gasteiger partial charge on any atom is -0.508 e. The van der Waals surface area contributed by atoms with Crippen LogP contribution in [0.15, 0.2) is 70.9 Å². The minimum atomic E-state index is -0.519. The highest BCUT2D eigenvalue weighted by Gasteiger charge is 2.77. The predicted octanol–water partition coefficient (Wildman–Crippen LogP) is 4.89. The molecule has 2 aliphatic carbocycles. The van der Waals surface area contributed by atoms with Gasteiger partial charge in [-0.3, -0.25) is 0 Å². The standard InChI is InChI=1S/C22H22N2O2/c1-20(2)21(14-6-3-8-16(25)12-14)18-10-5-11-19(18)22(20,24-23-21)15-7-4-9-17(26)13-15/h3-10,12-13,18-19,25-26H,11H2,1-2H3/t18-,19+,21-,22+/m0/s1. The first-order valence-electron chi connectivity index (χ1n) is 9.13. The zero-order valence-electron chi connectivity index (χ0n) is 14.9. The van der Waals surface area contributed by atoms with Gasteiger partial charge in [0.05, 0.1) is 0 Å². The van der Waals surface area contributed by atoms with Crippen LogP contribution < -0.4 is 0 Å². The summed E-state index contributed by atoms with van der Waals surface area (Å²) < 4.78 is 0. The van der Waals surface area contributed by atoms with Crippen molar-refractivity contribution in [3.05, 3.63) is 71.8 Å². The lowest BCUT2D eigenvalue weighted by Crippen LogP contribution is -2.44. The molecule has 0 spiro atoms. The second kappa shape index (κ2) is 4.76. The summed E-state index contributed by atoms with van der Waals surface area (Å²) >= 11 is 0. The Balaban J connectivity index is 1.80. The van der Waals surface area contributed by atoms with Crippen LogP contribution in [-0.2, 0) is 11.1 Å². The average molecular weight is 346 g/mol. The molecule has 0 amide bonds. The highest BCUT2D eigenvalue weighted by atomic mass is 16.3. The summed E-state index contributed by atoms with van der Waals surface area (Å²) in [6.45, 7) is 4.46. The van der Waals surface area contributed by atoms with Crippen LogP contribution in [-0.4, -0.2) is 10.2 Å². The number of azo groups is 1. The fourth-order valence-electron chi connectivity index (χ4n) is 5.96. The Morgan fingerprint density at radius 3 is 2.08 bits per heavy atom. The molecule has 0 saturated heterocycles. The van der Waals surface area contributed by atoms with E-state index in [1.165, 1.54) is 0 Å². The van der Waals surface area contributed by atoms with Crippen LogP contribution in [0.3, 0.4) is 0 Å². The molecular formula is C22H22N2O2. The molecule has 3 aliphatic rings. The summed E-state index contributed by atoms with van der Waals surface area (Å²) in [7, 11) is 0. The molecule has 1 fully saturated rings. The van der Waals surface area contributed by atoms with Gasteiger partial charge in [0, 0.05) is 17.3 Å². The summed E-state index contributed by atoms with van der Waals surface area (Å²) in [5.74, 6) is 1.02. The van der Waals surface area contributed by atoms with Crippen LogP contribution in [0.25, 0.3) is 0 Å². The lowest BCUT2D eigenvalue weighted by Gasteiger charge is -2.41. The molecular weight excluding hydrogens is 324 g/mol. The number of hydrogen-bond donors (Lipinski definition) is 2. The molecule has 0 radical (unpaired) electrons. The van der Waals surface area contributed by atoms with E-state index < -0.39 is 11.1 Å². The molecule has 4 atom stereocenters. The van der Waals surface area contributed by atoms with Gasteiger partial charge in [-0.1, -0.05) is 50.3 Å². The SMILES string of the molecule is CC1(C)[C@]2(c3cccc(O)c3)N=N[C@@]1(c1cccc(O)c1)[C@H]1C=CC[C@H]12. The number of hydrogen-bond acceptors (Lipinski definition) is 4. The van der Waals surface area contributed by atoms with E-state index in [9.17, 15) is 10.2 Å². The molecule has 132 valence electrons. The van der Waals surface area contributed by atoms with Gasteiger partial charge in [-0.15, -0.1) is 0 Å². The lowest BCUT2D eigenvalue weighted by molar-refractivity contribution is 0.150. The molecule has 1 aliphatic heterocycles. The van der Waals surface area contributed by atoms with Crippen LogP contribution in [0.4, 0.5) is 0 Å². The van der Waals surface area contributed by atoms with E-state index in [4.69, 9.17) is 10.2 Å². The zero-order chi connectivity index (χ0) is 18.2. The van der Waals surface area contributed by atoms with Crippen molar-refractivity contribution in [1.29, 1.82) is 0 Å². The van der Waals surface area contributed by atoms with Crippen LogP contribution in [0.5, 0.6) is 11.5 Å². The Morgan fingerprint density at radius 1 is 0.885 bits per heavy atom. The van der Waals surface area contributed by atoms with Gasteiger partial charge in [0.25, 0.3) is 0 Å². The molecule has 0 unspecified atom stereocenters. The molecule has 2 aromatic rings. The minimum absolute atomic E-state index is 0.221. The van der Waals surface area contributed by atoms with E-state index in [2.05, 4.69) is 32.1 Å². The maximum Gasteiger partial charge on any atom is 0.121 e. The van der Waals surface area contributed by atoms with E-state index in [0.717, 1.165) is 17.5 Å². The first-order chi connectivity index (χ1) is 12.4. The summed E-state index contributed by atoms with van der Waals surface area (Å²) in [5, 5.41) is 30.0. The Morgan fingerprint density at radius 2 is 1.46 bits per heavy atom. The zero-order valence-corrected chi connectivity index (χ0v) is 14.9. The molecule has 4 nitrogen and oxygen atoms in total. The van der Waals surface area contributed by atoms with Gasteiger partial charge in [0.1, 0.15) is 22.6 Å². The van der Waals surface area contributed by atoms with Gasteiger partial charge in [-0.05, 0) is 41.8 Å². The fraction of sp³-hybridized carbons (Fsp3) is 0.364. The van der Waals surface area contributed by atoms with Crippen molar-refractivity contribution < 1.29 is 10.2 Å². The number of aromatic hydroxyl groups is 2. The molecule has 0 aromatic heterocycles. The number of benzene rings is 2. The van der Waals surface area contributed by atoms with Crippen molar-refractivity contribution in [2.45, 2.75) is 31.3 Å². The first-order valence-corrected chi connectivity index (χ1v) is 9.13. The van der Waals surface area contributed by atoms with E-state index >= 15 is 0 Å². The predicted molar refractivity (Wildman–Crippen MR) is 98.9 cm³/mol. The van der Waals surface area contributed by atoms with Crippen LogP contribution in [0.1, 0.15) is 31.4 Å². The van der Waals surface area contributed by atoms with Crippen LogP contribution in [0, 0.1) is 17.3 Å². The fourth-order valence-corrected chi connectivity index (χ4v) is 5.96. The molecule has 26 heavy (non-hydrogen) atoms. The Hall–Kier alpha value is -2.62. The topological polar surface area (TPSA) is 65.2 Å². The summed E-state index contributed by atoms with van der Waals surface area (Å²) in [5.41, 5.74) is 0.707. The summed E-state index contributed by atoms with van der Waals surface area (Å²) in [6, 6.07) is 14.9. The normalized spacial score (nSPS) is 35.8. The smallest absolute Gasteiger partial charge is 0.121 e. The number of allylic oxidation sites excluding steroid dienone is 1. The highest BCUT2D eigenvalue weighted by Crippen LogP contribution is 2.76. The number of rotatable bonds is 2. The second-order valence-corrected chi connectivity index (χ2v) is 8.25. The summed E-state index contributed by atoms with van der Waals surface area (Å²) in [6.07, 6.45) is 5.46. The highest BCUT2D eigenvalue weighted by molar-refractivity contribution is 5.49. The Kier molecular flexibility index (Phi) is 2.86. The number of phenols is 2. The van der Waals surface area contributed by atoms with E-state index in [1.54, 1.807) is 12.1 Å². The third-order valence-corrected chi connectivity index (χ3v) is 7.03. The molecule has 1 heterocycles. The monoisotopic (exact) mass is 346 g/mol. The molecule has 5 rings (SSSR count). The molecule has 2 aromatic carbocycles. The van der Waals surface area contributed by atoms with E-state index in [-0.39, 0.29) is 22.8 Å². The quantitative estimate of drug-likeness (QED) is 0.761. The molecule has 2 N–H and O–H groups in total. The second-order valence-electron chi connectivity index (χ2n) is 8.25. The maximum atomic E-state index is 10.1. The van der Waals surface area contributed by atoms with E-state index in [1.807, 2.05) is 30.3 Å². The van der Waals surface area contributed by atoms with Crippen molar-refractivity contribution in [2.75, 3.05) is 0 Å². The largest absolute Gasteiger partial charge is 0.508 e. The number of fused-ring (bicyclic) bond motifs is 5. The molecule has 4 heteroatoms. The van der Waals surface area contributed by atoms with E-state index in [0.29, 0.717) is 5.92 Å². The van der Waals surface area contributed by atoms with Crippen molar-refractivity contribution in [1.82, 2.24) is 0 Å². The Bertz CT molecular complexity index is 964. The summed E-state index contributed by atoms with van der Waals surface area (Å²) in [4.78, 5) is 0. The van der Waals surface area contributed by atoms with Gasteiger partial charge in [0.2, 0.25) is 0 Å². The molecule has 2 bridgehead atoms. The van der Waals surface area contributed by atoms with Gasteiger partial charge in [0.15, 0.2) is 0 Å². The van der Waals surface area contributed by atoms with Gasteiger partial charge >= 0.3 is 0 Å². The van der Waals surface area contributed by atoms with Crippen LogP contribution in [0.2, 0.25) is 0 Å². The Labute approximate surface area is 152 Å². The molecule has 1 saturated carbocycles. The van der Waals surface area contributed by atoms with Gasteiger partial charge in [-0.25, -0.2) is 0 Å². The first kappa shape index (κ1) is 15.6. The van der Waals surface area contributed by atoms with Gasteiger partial charge in [-0.2, -0.15) is 10.2 Å². The van der Waals surface area contributed by atoms with Crippen LogP contribution >= 0.6 is 0 Å². The number of phenolic OH excluding ortho intramolecular Hbond substituents is 2. The lowest BCUT2D eigenvalue weighted by atomic mass is 9.61.